The van der Waals surface area contributed by atoms with E-state index in [9.17, 15) is 5.11 Å². The van der Waals surface area contributed by atoms with E-state index < -0.39 is 12.4 Å². The van der Waals surface area contributed by atoms with Crippen LogP contribution in [0.15, 0.2) is 0 Å². The van der Waals surface area contributed by atoms with Crippen LogP contribution in [0.25, 0.3) is 0 Å². The Labute approximate surface area is 202 Å². The van der Waals surface area contributed by atoms with Crippen molar-refractivity contribution < 1.29 is 28.8 Å². The molecule has 6 heteroatoms. The molecule has 33 heavy (non-hydrogen) atoms. The van der Waals surface area contributed by atoms with Crippen LogP contribution in [0.1, 0.15) is 98.3 Å². The van der Waals surface area contributed by atoms with Crippen molar-refractivity contribution in [1.82, 2.24) is 0 Å². The molecule has 3 rings (SSSR count). The zero-order valence-electron chi connectivity index (χ0n) is 21.6. The van der Waals surface area contributed by atoms with Crippen molar-refractivity contribution in [2.45, 2.75) is 141 Å². The summed E-state index contributed by atoms with van der Waals surface area (Å²) in [4.78, 5) is 0. The maximum atomic E-state index is 10.9. The molecule has 2 aliphatic carbocycles. The van der Waals surface area contributed by atoms with E-state index in [0.29, 0.717) is 31.7 Å². The Balaban J connectivity index is 1.77. The van der Waals surface area contributed by atoms with Gasteiger partial charge in [-0.3, -0.25) is 0 Å². The number of hydrogen-bond acceptors (Lipinski definition) is 6. The Kier molecular flexibility index (Phi) is 11.9. The summed E-state index contributed by atoms with van der Waals surface area (Å²) in [5, 5.41) is 10.9. The summed E-state index contributed by atoms with van der Waals surface area (Å²) in [6, 6.07) is 0. The second-order valence-electron chi connectivity index (χ2n) is 10.4. The summed E-state index contributed by atoms with van der Waals surface area (Å²) in [6.07, 6.45) is 9.67. The molecule has 1 N–H and O–H groups in total. The molecule has 6 nitrogen and oxygen atoms in total. The lowest BCUT2D eigenvalue weighted by Crippen LogP contribution is -2.61. The molecule has 0 aromatic heterocycles. The van der Waals surface area contributed by atoms with Gasteiger partial charge in [0.05, 0.1) is 18.3 Å². The molecule has 3 fully saturated rings. The molecule has 0 radical (unpaired) electrons. The Hall–Kier alpha value is -0.240. The Bertz CT molecular complexity index is 527. The fraction of sp³-hybridized carbons (Fsp3) is 1.00. The van der Waals surface area contributed by atoms with Gasteiger partial charge < -0.3 is 28.8 Å². The minimum Gasteiger partial charge on any atom is -0.390 e. The van der Waals surface area contributed by atoms with Crippen LogP contribution in [0.3, 0.4) is 0 Å². The van der Waals surface area contributed by atoms with Crippen LogP contribution >= 0.6 is 0 Å². The number of unbranched alkanes of at least 4 members (excludes halogenated alkanes) is 3. The van der Waals surface area contributed by atoms with Gasteiger partial charge in [0, 0.05) is 19.8 Å². The predicted molar refractivity (Wildman–Crippen MR) is 129 cm³/mol. The normalized spacial score (nSPS) is 37.4. The maximum Gasteiger partial charge on any atom is 0.187 e. The standard InChI is InChI=1S/C27H50O6/c1-5-8-16-29-23-19(4)32-27(26(31-18-10-7-3)25(23)30-17-9-6-2)33-24-21(20-14-15-20)12-11-13-22(24)28/h19-28H,5-18H2,1-4H3/t19?,21?,22-,23-,24?,25?,26?,27+/m1/s1. The molecule has 0 aromatic carbocycles. The second-order valence-corrected chi connectivity index (χ2v) is 10.4. The molecule has 0 bridgehead atoms. The van der Waals surface area contributed by atoms with Crippen molar-refractivity contribution in [3.05, 3.63) is 0 Å². The van der Waals surface area contributed by atoms with Crippen LogP contribution < -0.4 is 0 Å². The molecule has 194 valence electrons. The smallest absolute Gasteiger partial charge is 0.187 e. The van der Waals surface area contributed by atoms with Crippen LogP contribution in [-0.4, -0.2) is 67.8 Å². The molecule has 0 amide bonds. The van der Waals surface area contributed by atoms with Gasteiger partial charge in [0.25, 0.3) is 0 Å². The van der Waals surface area contributed by atoms with Crippen LogP contribution in [0, 0.1) is 11.8 Å². The van der Waals surface area contributed by atoms with Crippen LogP contribution in [0.4, 0.5) is 0 Å². The minimum absolute atomic E-state index is 0.162. The van der Waals surface area contributed by atoms with Crippen LogP contribution in [-0.2, 0) is 23.7 Å². The predicted octanol–water partition coefficient (Wildman–Crippen LogP) is 5.24. The van der Waals surface area contributed by atoms with Crippen LogP contribution in [0.2, 0.25) is 0 Å². The molecule has 0 spiro atoms. The summed E-state index contributed by atoms with van der Waals surface area (Å²) in [5.74, 6) is 1.11. The van der Waals surface area contributed by atoms with Gasteiger partial charge in [-0.05, 0) is 63.7 Å². The van der Waals surface area contributed by atoms with E-state index in [4.69, 9.17) is 23.7 Å². The lowest BCUT2D eigenvalue weighted by Gasteiger charge is -2.47. The SMILES string of the molecule is CCCCOC1C(OCCCC)[C@H](OCCCC)C(C)O[C@H]1OC1C(C2CC2)CCC[C@H]1O. The molecule has 8 atom stereocenters. The highest BCUT2D eigenvalue weighted by molar-refractivity contribution is 4.96. The average Bonchev–Trinajstić information content (AvgIpc) is 3.64. The van der Waals surface area contributed by atoms with Gasteiger partial charge in [-0.25, -0.2) is 0 Å². The first-order valence-electron chi connectivity index (χ1n) is 13.9. The fourth-order valence-corrected chi connectivity index (χ4v) is 5.32. The number of rotatable bonds is 15. The summed E-state index contributed by atoms with van der Waals surface area (Å²) in [7, 11) is 0. The first-order valence-corrected chi connectivity index (χ1v) is 13.9. The zero-order valence-corrected chi connectivity index (χ0v) is 21.6. The van der Waals surface area contributed by atoms with Gasteiger partial charge in [0.15, 0.2) is 6.29 Å². The third kappa shape index (κ3) is 7.88. The van der Waals surface area contributed by atoms with Crippen molar-refractivity contribution in [1.29, 1.82) is 0 Å². The van der Waals surface area contributed by atoms with Crippen molar-refractivity contribution in [2.75, 3.05) is 19.8 Å². The van der Waals surface area contributed by atoms with E-state index >= 15 is 0 Å². The van der Waals surface area contributed by atoms with E-state index in [0.717, 1.165) is 57.8 Å². The Morgan fingerprint density at radius 2 is 1.30 bits per heavy atom. The lowest BCUT2D eigenvalue weighted by molar-refractivity contribution is -0.335. The van der Waals surface area contributed by atoms with E-state index in [1.165, 1.54) is 12.8 Å². The van der Waals surface area contributed by atoms with Gasteiger partial charge in [0.2, 0.25) is 0 Å². The average molecular weight is 471 g/mol. The van der Waals surface area contributed by atoms with Gasteiger partial charge >= 0.3 is 0 Å². The molecule has 5 unspecified atom stereocenters. The van der Waals surface area contributed by atoms with E-state index in [1.54, 1.807) is 0 Å². The number of aliphatic hydroxyl groups excluding tert-OH is 1. The first-order chi connectivity index (χ1) is 16.1. The van der Waals surface area contributed by atoms with Gasteiger partial charge in [0.1, 0.15) is 18.3 Å². The topological polar surface area (TPSA) is 66.4 Å². The number of aliphatic hydroxyl groups is 1. The van der Waals surface area contributed by atoms with E-state index in [2.05, 4.69) is 27.7 Å². The highest BCUT2D eigenvalue weighted by atomic mass is 16.7. The molecule has 1 saturated heterocycles. The molecule has 1 aliphatic heterocycles. The summed E-state index contributed by atoms with van der Waals surface area (Å²) < 4.78 is 32.3. The van der Waals surface area contributed by atoms with Crippen molar-refractivity contribution >= 4 is 0 Å². The maximum absolute atomic E-state index is 10.9. The molecule has 1 heterocycles. The third-order valence-electron chi connectivity index (χ3n) is 7.51. The largest absolute Gasteiger partial charge is 0.390 e. The van der Waals surface area contributed by atoms with Gasteiger partial charge in [-0.15, -0.1) is 0 Å². The number of hydrogen-bond donors (Lipinski definition) is 1. The molecule has 0 aromatic rings. The minimum atomic E-state index is -0.548. The van der Waals surface area contributed by atoms with Gasteiger partial charge in [-0.2, -0.15) is 0 Å². The third-order valence-corrected chi connectivity index (χ3v) is 7.51. The molecular formula is C27H50O6. The molecule has 3 aliphatic rings. The quantitative estimate of drug-likeness (QED) is 0.330. The molecule has 2 saturated carbocycles. The lowest BCUT2D eigenvalue weighted by atomic mass is 9.81. The van der Waals surface area contributed by atoms with Crippen LogP contribution in [0.5, 0.6) is 0 Å². The Morgan fingerprint density at radius 3 is 1.88 bits per heavy atom. The van der Waals surface area contributed by atoms with E-state index in [1.807, 2.05) is 0 Å². The number of ether oxygens (including phenoxy) is 5. The monoisotopic (exact) mass is 470 g/mol. The molecular weight excluding hydrogens is 420 g/mol. The second kappa shape index (κ2) is 14.4. The van der Waals surface area contributed by atoms with Crippen molar-refractivity contribution in [2.24, 2.45) is 11.8 Å². The highest BCUT2D eigenvalue weighted by Crippen LogP contribution is 2.46. The highest BCUT2D eigenvalue weighted by Gasteiger charge is 2.50. The summed E-state index contributed by atoms with van der Waals surface area (Å²) in [5.41, 5.74) is 0. The Morgan fingerprint density at radius 1 is 0.727 bits per heavy atom. The fourth-order valence-electron chi connectivity index (χ4n) is 5.32. The summed E-state index contributed by atoms with van der Waals surface area (Å²) >= 11 is 0. The van der Waals surface area contributed by atoms with Crippen molar-refractivity contribution in [3.8, 4) is 0 Å². The summed E-state index contributed by atoms with van der Waals surface area (Å²) in [6.45, 7) is 10.6. The van der Waals surface area contributed by atoms with Gasteiger partial charge in [-0.1, -0.05) is 46.5 Å². The first kappa shape index (κ1) is 27.3. The zero-order chi connectivity index (χ0) is 23.6. The van der Waals surface area contributed by atoms with Crippen molar-refractivity contribution in [3.63, 3.8) is 0 Å². The van der Waals surface area contributed by atoms with E-state index in [-0.39, 0.29) is 30.5 Å².